The Kier molecular flexibility index (Phi) is 12.5. The van der Waals surface area contributed by atoms with Gasteiger partial charge in [0.25, 0.3) is 0 Å². The molecule has 2 aliphatic carbocycles. The van der Waals surface area contributed by atoms with Gasteiger partial charge >= 0.3 is 0 Å². The fourth-order valence-corrected chi connectivity index (χ4v) is 12.7. The summed E-state index contributed by atoms with van der Waals surface area (Å²) < 4.78 is 0. The van der Waals surface area contributed by atoms with Crippen LogP contribution in [-0.4, -0.2) is 0 Å². The van der Waals surface area contributed by atoms with Crippen LogP contribution in [0.2, 0.25) is 0 Å². The highest BCUT2D eigenvalue weighted by Crippen LogP contribution is 2.53. The van der Waals surface area contributed by atoms with Crippen molar-refractivity contribution in [3.63, 3.8) is 0 Å². The smallest absolute Gasteiger partial charge is 0.0467 e. The molecule has 0 bridgehead atoms. The van der Waals surface area contributed by atoms with Gasteiger partial charge in [0, 0.05) is 56.1 Å². The summed E-state index contributed by atoms with van der Waals surface area (Å²) in [6.45, 7) is 9.46. The maximum Gasteiger partial charge on any atom is 0.0467 e. The van der Waals surface area contributed by atoms with Gasteiger partial charge in [0.05, 0.1) is 0 Å². The van der Waals surface area contributed by atoms with Crippen LogP contribution in [0.25, 0.3) is 66.8 Å². The second-order valence-electron chi connectivity index (χ2n) is 22.8. The van der Waals surface area contributed by atoms with Gasteiger partial charge in [-0.3, -0.25) is 0 Å². The molecule has 12 aromatic carbocycles. The zero-order valence-electron chi connectivity index (χ0n) is 46.6. The normalized spacial score (nSPS) is 13.0. The van der Waals surface area contributed by atoms with Crippen LogP contribution < -0.4 is 9.80 Å². The van der Waals surface area contributed by atoms with Crippen LogP contribution in [0.3, 0.4) is 0 Å². The SMILES string of the molecule is CC1(C)c2cc(C#Cc3ccc4c(c3)C(C)(C)c3cc(N(c5cccc(-c6ccccc6)c5)c5cccc(-c6ccccc6)c5)ccc3-4)ccc2-c2ccc(N(c3cccc(-c4ccccc4)c3)c3cccc(-c4ccccc4)c3)cc21. The van der Waals surface area contributed by atoms with E-state index in [9.17, 15) is 0 Å². The van der Waals surface area contributed by atoms with E-state index in [2.05, 4.69) is 341 Å². The zero-order chi connectivity index (χ0) is 55.4. The van der Waals surface area contributed by atoms with E-state index < -0.39 is 0 Å². The minimum atomic E-state index is -0.269. The molecule has 0 heterocycles. The molecule has 82 heavy (non-hydrogen) atoms. The average Bonchev–Trinajstić information content (AvgIpc) is 4.06. The first-order chi connectivity index (χ1) is 40.1. The Morgan fingerprint density at radius 2 is 0.463 bits per heavy atom. The lowest BCUT2D eigenvalue weighted by molar-refractivity contribution is 0.660. The number of hydrogen-bond donors (Lipinski definition) is 0. The molecule has 390 valence electrons. The molecule has 2 aliphatic rings. The lowest BCUT2D eigenvalue weighted by Gasteiger charge is -2.29. The second-order valence-corrected chi connectivity index (χ2v) is 22.8. The monoisotopic (exact) mass is 1050 g/mol. The molecule has 0 spiro atoms. The van der Waals surface area contributed by atoms with Crippen molar-refractivity contribution in [1.82, 2.24) is 0 Å². The third-order valence-electron chi connectivity index (χ3n) is 17.0. The summed E-state index contributed by atoms with van der Waals surface area (Å²) in [5.41, 5.74) is 27.9. The molecule has 0 fully saturated rings. The van der Waals surface area contributed by atoms with Crippen molar-refractivity contribution in [1.29, 1.82) is 0 Å². The van der Waals surface area contributed by atoms with Crippen molar-refractivity contribution in [2.24, 2.45) is 0 Å². The van der Waals surface area contributed by atoms with Crippen molar-refractivity contribution in [2.45, 2.75) is 38.5 Å². The predicted octanol–water partition coefficient (Wildman–Crippen LogP) is 21.3. The number of anilines is 6. The number of rotatable bonds is 10. The summed E-state index contributed by atoms with van der Waals surface area (Å²) in [4.78, 5) is 4.83. The van der Waals surface area contributed by atoms with Crippen LogP contribution in [0.1, 0.15) is 61.1 Å². The van der Waals surface area contributed by atoms with Gasteiger partial charge in [-0.05, 0) is 186 Å². The minimum Gasteiger partial charge on any atom is -0.310 e. The molecular weight excluding hydrogens is 989 g/mol. The first-order valence-corrected chi connectivity index (χ1v) is 28.5. The summed E-state index contributed by atoms with van der Waals surface area (Å²) in [6, 6.07) is 106. The highest BCUT2D eigenvalue weighted by molar-refractivity contribution is 5.90. The van der Waals surface area contributed by atoms with Crippen LogP contribution in [0, 0.1) is 11.8 Å². The molecule has 0 unspecified atom stereocenters. The average molecular weight is 1050 g/mol. The van der Waals surface area contributed by atoms with Gasteiger partial charge in [-0.2, -0.15) is 0 Å². The Morgan fingerprint density at radius 1 is 0.220 bits per heavy atom. The van der Waals surface area contributed by atoms with Crippen molar-refractivity contribution in [3.8, 4) is 78.6 Å². The summed E-state index contributed by atoms with van der Waals surface area (Å²) >= 11 is 0. The van der Waals surface area contributed by atoms with Crippen LogP contribution in [0.15, 0.2) is 291 Å². The number of hydrogen-bond acceptors (Lipinski definition) is 2. The second kappa shape index (κ2) is 20.5. The van der Waals surface area contributed by atoms with Gasteiger partial charge in [0.2, 0.25) is 0 Å². The van der Waals surface area contributed by atoms with E-state index in [0.717, 1.165) is 45.3 Å². The van der Waals surface area contributed by atoms with Gasteiger partial charge in [-0.1, -0.05) is 234 Å². The highest BCUT2D eigenvalue weighted by Gasteiger charge is 2.38. The third-order valence-corrected chi connectivity index (χ3v) is 17.0. The van der Waals surface area contributed by atoms with Crippen LogP contribution in [-0.2, 0) is 10.8 Å². The molecule has 0 radical (unpaired) electrons. The molecule has 0 N–H and O–H groups in total. The van der Waals surface area contributed by atoms with Crippen molar-refractivity contribution >= 4 is 34.1 Å². The van der Waals surface area contributed by atoms with Crippen molar-refractivity contribution < 1.29 is 0 Å². The van der Waals surface area contributed by atoms with E-state index in [0.29, 0.717) is 0 Å². The summed E-state index contributed by atoms with van der Waals surface area (Å²) in [6.07, 6.45) is 0. The first-order valence-electron chi connectivity index (χ1n) is 28.5. The molecule has 0 aromatic heterocycles. The molecule has 2 heteroatoms. The van der Waals surface area contributed by atoms with Crippen molar-refractivity contribution in [3.05, 3.63) is 325 Å². The molecule has 0 atom stereocenters. The van der Waals surface area contributed by atoms with Crippen LogP contribution in [0.5, 0.6) is 0 Å². The van der Waals surface area contributed by atoms with E-state index in [1.54, 1.807) is 0 Å². The first kappa shape index (κ1) is 50.0. The van der Waals surface area contributed by atoms with Gasteiger partial charge in [0.15, 0.2) is 0 Å². The molecule has 0 saturated carbocycles. The molecule has 0 amide bonds. The number of nitrogens with zero attached hydrogens (tertiary/aromatic N) is 2. The summed E-state index contributed by atoms with van der Waals surface area (Å²) in [5, 5.41) is 0. The topological polar surface area (TPSA) is 6.48 Å². The number of fused-ring (bicyclic) bond motifs is 6. The Bertz CT molecular complexity index is 4000. The Morgan fingerprint density at radius 3 is 0.756 bits per heavy atom. The standard InChI is InChI=1S/C80H60N2/c1-79(2)75-47-55(39-43-71(75)73-45-41-69(53-77(73)79)81(65-33-17-29-61(49-65)57-21-9-5-10-22-57)66-34-18-30-62(50-66)58-23-11-6-12-24-58)37-38-56-40-44-72-74-46-42-70(54-78(74)80(3,4)76(72)48-56)82(67-35-19-31-63(51-67)59-25-13-7-14-26-59)68-36-20-32-64(52-68)60-27-15-8-16-28-60/h5-36,39-54H,1-4H3. The van der Waals surface area contributed by atoms with E-state index in [4.69, 9.17) is 0 Å². The van der Waals surface area contributed by atoms with E-state index >= 15 is 0 Å². The lowest BCUT2D eigenvalue weighted by Crippen LogP contribution is -2.17. The van der Waals surface area contributed by atoms with E-state index in [1.807, 2.05) is 0 Å². The van der Waals surface area contributed by atoms with Crippen LogP contribution in [0.4, 0.5) is 34.1 Å². The minimum absolute atomic E-state index is 0.269. The lowest BCUT2D eigenvalue weighted by atomic mass is 9.81. The maximum absolute atomic E-state index is 3.63. The molecule has 0 saturated heterocycles. The van der Waals surface area contributed by atoms with E-state index in [-0.39, 0.29) is 10.8 Å². The quantitative estimate of drug-likeness (QED) is 0.126. The zero-order valence-corrected chi connectivity index (χ0v) is 46.6. The molecule has 2 nitrogen and oxygen atoms in total. The molecular formula is C80H60N2. The third kappa shape index (κ3) is 9.08. The maximum atomic E-state index is 3.63. The van der Waals surface area contributed by atoms with Crippen molar-refractivity contribution in [2.75, 3.05) is 9.80 Å². The Balaban J connectivity index is 0.776. The highest BCUT2D eigenvalue weighted by atomic mass is 15.1. The molecule has 14 rings (SSSR count). The molecule has 0 aliphatic heterocycles. The predicted molar refractivity (Wildman–Crippen MR) is 345 cm³/mol. The van der Waals surface area contributed by atoms with Gasteiger partial charge < -0.3 is 9.80 Å². The largest absolute Gasteiger partial charge is 0.310 e. The number of benzene rings is 12. The van der Waals surface area contributed by atoms with Gasteiger partial charge in [-0.25, -0.2) is 0 Å². The van der Waals surface area contributed by atoms with E-state index in [1.165, 1.54) is 89.0 Å². The molecule has 12 aromatic rings. The summed E-state index contributed by atoms with van der Waals surface area (Å²) in [7, 11) is 0. The van der Waals surface area contributed by atoms with Gasteiger partial charge in [-0.15, -0.1) is 0 Å². The Labute approximate surface area is 482 Å². The summed E-state index contributed by atoms with van der Waals surface area (Å²) in [5.74, 6) is 7.27. The Hall–Kier alpha value is -10.2. The van der Waals surface area contributed by atoms with Crippen LogP contribution >= 0.6 is 0 Å². The fraction of sp³-hybridized carbons (Fsp3) is 0.0750. The van der Waals surface area contributed by atoms with Gasteiger partial charge in [0.1, 0.15) is 0 Å². The fourth-order valence-electron chi connectivity index (χ4n) is 12.7.